The van der Waals surface area contributed by atoms with Gasteiger partial charge in [-0.05, 0) is 54.6 Å². The summed E-state index contributed by atoms with van der Waals surface area (Å²) in [6, 6.07) is 17.5. The average molecular weight is 399 g/mol. The number of nitrogens with zero attached hydrogens (tertiary/aromatic N) is 3. The molecule has 0 saturated carbocycles. The number of aromatic nitrogens is 3. The zero-order valence-corrected chi connectivity index (χ0v) is 16.2. The highest BCUT2D eigenvalue weighted by atomic mass is 19.1. The van der Waals surface area contributed by atoms with Gasteiger partial charge in [0.2, 0.25) is 0 Å². The van der Waals surface area contributed by atoms with E-state index in [1.54, 1.807) is 23.2 Å². The third kappa shape index (κ3) is 4.03. The molecule has 4 rings (SSSR count). The number of allylic oxidation sites excluding steroid dienone is 1. The van der Waals surface area contributed by atoms with Gasteiger partial charge in [-0.15, -0.1) is 0 Å². The van der Waals surface area contributed by atoms with Crippen molar-refractivity contribution in [2.24, 2.45) is 0 Å². The molecule has 5 nitrogen and oxygen atoms in total. The second-order valence-corrected chi connectivity index (χ2v) is 6.50. The molecule has 4 aromatic rings. The molecule has 6 heteroatoms. The van der Waals surface area contributed by atoms with Gasteiger partial charge in [-0.1, -0.05) is 18.2 Å². The van der Waals surface area contributed by atoms with Crippen LogP contribution in [-0.2, 0) is 0 Å². The Bertz CT molecular complexity index is 1200. The number of rotatable bonds is 6. The van der Waals surface area contributed by atoms with Crippen LogP contribution in [0.15, 0.2) is 85.3 Å². The SMILES string of the molecule is COc1ccc(C(=O)/C=C/c2cn(-c3ccccc3)nc2-c2cccnc2)cc1F. The van der Waals surface area contributed by atoms with E-state index in [-0.39, 0.29) is 17.1 Å². The fourth-order valence-corrected chi connectivity index (χ4v) is 3.03. The number of carbonyl (C=O) groups excluding carboxylic acids is 1. The van der Waals surface area contributed by atoms with Crippen molar-refractivity contribution in [1.82, 2.24) is 14.8 Å². The Kier molecular flexibility index (Phi) is 5.48. The van der Waals surface area contributed by atoms with Crippen molar-refractivity contribution in [2.75, 3.05) is 7.11 Å². The number of pyridine rings is 1. The number of ketones is 1. The molecule has 2 aromatic heterocycles. The summed E-state index contributed by atoms with van der Waals surface area (Å²) in [5.41, 5.74) is 3.40. The highest BCUT2D eigenvalue weighted by molar-refractivity contribution is 6.07. The number of carbonyl (C=O) groups is 1. The number of hydrogen-bond donors (Lipinski definition) is 0. The summed E-state index contributed by atoms with van der Waals surface area (Å²) < 4.78 is 20.6. The smallest absolute Gasteiger partial charge is 0.185 e. The fraction of sp³-hybridized carbons (Fsp3) is 0.0417. The molecular weight excluding hydrogens is 381 g/mol. The van der Waals surface area contributed by atoms with Gasteiger partial charge in [0, 0.05) is 35.3 Å². The average Bonchev–Trinajstić information content (AvgIpc) is 3.23. The number of hydrogen-bond acceptors (Lipinski definition) is 4. The predicted molar refractivity (Wildman–Crippen MR) is 113 cm³/mol. The van der Waals surface area contributed by atoms with Crippen molar-refractivity contribution in [3.05, 3.63) is 102 Å². The molecule has 0 aliphatic rings. The normalized spacial score (nSPS) is 11.0. The van der Waals surface area contributed by atoms with Crippen LogP contribution in [0.5, 0.6) is 5.75 Å². The summed E-state index contributed by atoms with van der Waals surface area (Å²) in [5.74, 6) is -0.802. The van der Waals surface area contributed by atoms with Gasteiger partial charge >= 0.3 is 0 Å². The van der Waals surface area contributed by atoms with E-state index in [4.69, 9.17) is 4.74 Å². The van der Waals surface area contributed by atoms with Crippen molar-refractivity contribution >= 4 is 11.9 Å². The van der Waals surface area contributed by atoms with Crippen LogP contribution in [0.3, 0.4) is 0 Å². The molecule has 2 aromatic carbocycles. The Morgan fingerprint density at radius 1 is 1.10 bits per heavy atom. The maximum absolute atomic E-state index is 13.9. The van der Waals surface area contributed by atoms with E-state index >= 15 is 0 Å². The fourth-order valence-electron chi connectivity index (χ4n) is 3.03. The molecular formula is C24H18FN3O2. The third-order valence-electron chi connectivity index (χ3n) is 4.55. The van der Waals surface area contributed by atoms with E-state index < -0.39 is 5.82 Å². The van der Waals surface area contributed by atoms with Gasteiger partial charge < -0.3 is 4.74 Å². The van der Waals surface area contributed by atoms with E-state index in [0.717, 1.165) is 16.8 Å². The van der Waals surface area contributed by atoms with E-state index in [1.807, 2.05) is 48.7 Å². The molecule has 0 N–H and O–H groups in total. The number of halogens is 1. The summed E-state index contributed by atoms with van der Waals surface area (Å²) in [4.78, 5) is 16.7. The summed E-state index contributed by atoms with van der Waals surface area (Å²) in [6.45, 7) is 0. The first kappa shape index (κ1) is 19.3. The molecule has 0 spiro atoms. The van der Waals surface area contributed by atoms with Gasteiger partial charge in [-0.25, -0.2) is 9.07 Å². The summed E-state index contributed by atoms with van der Waals surface area (Å²) in [6.07, 6.45) is 8.34. The van der Waals surface area contributed by atoms with Crippen LogP contribution in [-0.4, -0.2) is 27.7 Å². The zero-order chi connectivity index (χ0) is 20.9. The Hall–Kier alpha value is -4.06. The summed E-state index contributed by atoms with van der Waals surface area (Å²) in [5, 5.41) is 4.68. The largest absolute Gasteiger partial charge is 0.494 e. The number of methoxy groups -OCH3 is 1. The van der Waals surface area contributed by atoms with E-state index in [9.17, 15) is 9.18 Å². The summed E-state index contributed by atoms with van der Waals surface area (Å²) in [7, 11) is 1.38. The monoisotopic (exact) mass is 399 g/mol. The summed E-state index contributed by atoms with van der Waals surface area (Å²) >= 11 is 0. The van der Waals surface area contributed by atoms with Crippen LogP contribution in [0.2, 0.25) is 0 Å². The van der Waals surface area contributed by atoms with Crippen molar-refractivity contribution in [2.45, 2.75) is 0 Å². The molecule has 0 radical (unpaired) electrons. The minimum absolute atomic E-state index is 0.0959. The molecule has 148 valence electrons. The lowest BCUT2D eigenvalue weighted by Gasteiger charge is -2.02. The minimum atomic E-state index is -0.579. The highest BCUT2D eigenvalue weighted by Gasteiger charge is 2.12. The maximum Gasteiger partial charge on any atom is 0.185 e. The van der Waals surface area contributed by atoms with Crippen LogP contribution in [0.25, 0.3) is 23.0 Å². The topological polar surface area (TPSA) is 57.0 Å². The van der Waals surface area contributed by atoms with Gasteiger partial charge in [0.1, 0.15) is 5.69 Å². The first-order valence-electron chi connectivity index (χ1n) is 9.27. The standard InChI is InChI=1S/C24H18FN3O2/c1-30-23-12-10-17(14-21(23)25)22(29)11-9-19-16-28(20-7-3-2-4-8-20)27-24(19)18-6-5-13-26-15-18/h2-16H,1H3/b11-9+. The molecule has 0 bridgehead atoms. The van der Waals surface area contributed by atoms with Gasteiger partial charge in [-0.2, -0.15) is 5.10 Å². The Labute approximate surface area is 173 Å². The first-order chi connectivity index (χ1) is 14.7. The Morgan fingerprint density at radius 2 is 1.93 bits per heavy atom. The lowest BCUT2D eigenvalue weighted by Crippen LogP contribution is -1.97. The molecule has 0 aliphatic heterocycles. The van der Waals surface area contributed by atoms with E-state index in [0.29, 0.717) is 5.69 Å². The van der Waals surface area contributed by atoms with Gasteiger partial charge in [-0.3, -0.25) is 9.78 Å². The van der Waals surface area contributed by atoms with E-state index in [2.05, 4.69) is 10.1 Å². The molecule has 0 aliphatic carbocycles. The highest BCUT2D eigenvalue weighted by Crippen LogP contribution is 2.25. The molecule has 2 heterocycles. The molecule has 30 heavy (non-hydrogen) atoms. The van der Waals surface area contributed by atoms with Crippen molar-refractivity contribution in [1.29, 1.82) is 0 Å². The molecule has 0 saturated heterocycles. The maximum atomic E-state index is 13.9. The van der Waals surface area contributed by atoms with Gasteiger partial charge in [0.25, 0.3) is 0 Å². The second-order valence-electron chi connectivity index (χ2n) is 6.50. The van der Waals surface area contributed by atoms with Crippen LogP contribution >= 0.6 is 0 Å². The van der Waals surface area contributed by atoms with Crippen molar-refractivity contribution in [3.63, 3.8) is 0 Å². The number of benzene rings is 2. The van der Waals surface area contributed by atoms with Crippen LogP contribution in [0.4, 0.5) is 4.39 Å². The van der Waals surface area contributed by atoms with Crippen LogP contribution in [0, 0.1) is 5.82 Å². The van der Waals surface area contributed by atoms with Crippen molar-refractivity contribution < 1.29 is 13.9 Å². The van der Waals surface area contributed by atoms with Crippen LogP contribution < -0.4 is 4.74 Å². The molecule has 0 unspecified atom stereocenters. The van der Waals surface area contributed by atoms with Gasteiger partial charge in [0.05, 0.1) is 12.8 Å². The number of para-hydroxylation sites is 1. The molecule has 0 amide bonds. The molecule has 0 fully saturated rings. The zero-order valence-electron chi connectivity index (χ0n) is 16.2. The predicted octanol–water partition coefficient (Wildman–Crippen LogP) is 4.98. The molecule has 0 atom stereocenters. The third-order valence-corrected chi connectivity index (χ3v) is 4.55. The van der Waals surface area contributed by atoms with Crippen molar-refractivity contribution in [3.8, 4) is 22.7 Å². The lowest BCUT2D eigenvalue weighted by molar-refractivity contribution is 0.104. The Morgan fingerprint density at radius 3 is 2.63 bits per heavy atom. The quantitative estimate of drug-likeness (QED) is 0.339. The lowest BCUT2D eigenvalue weighted by atomic mass is 10.1. The van der Waals surface area contributed by atoms with Crippen LogP contribution in [0.1, 0.15) is 15.9 Å². The first-order valence-corrected chi connectivity index (χ1v) is 9.27. The second kappa shape index (κ2) is 8.53. The van der Waals surface area contributed by atoms with Gasteiger partial charge in [0.15, 0.2) is 17.3 Å². The van der Waals surface area contributed by atoms with E-state index in [1.165, 1.54) is 31.4 Å². The minimum Gasteiger partial charge on any atom is -0.494 e. The number of ether oxygens (including phenoxy) is 1. The Balaban J connectivity index is 1.69.